The molecule has 140 valence electrons. The molecular weight excluding hydrogens is 450 g/mol. The predicted molar refractivity (Wildman–Crippen MR) is 108 cm³/mol. The molecule has 1 fully saturated rings. The first-order valence-electron chi connectivity index (χ1n) is 8.20. The Morgan fingerprint density at radius 1 is 1.15 bits per heavy atom. The van der Waals surface area contributed by atoms with E-state index in [2.05, 4.69) is 15.2 Å². The van der Waals surface area contributed by atoms with Crippen LogP contribution in [0.3, 0.4) is 0 Å². The molecule has 0 radical (unpaired) electrons. The first-order chi connectivity index (χ1) is 12.2. The van der Waals surface area contributed by atoms with Crippen LogP contribution < -0.4 is 5.32 Å². The molecule has 1 N–H and O–H groups in total. The minimum absolute atomic E-state index is 0. The van der Waals surface area contributed by atoms with Gasteiger partial charge in [-0.25, -0.2) is 4.39 Å². The molecule has 1 aliphatic heterocycles. The summed E-state index contributed by atoms with van der Waals surface area (Å²) < 4.78 is 18.1. The van der Waals surface area contributed by atoms with E-state index in [-0.39, 0.29) is 35.7 Å². The maximum atomic E-state index is 13.0. The number of halogens is 2. The maximum Gasteiger partial charge on any atom is 0.289 e. The van der Waals surface area contributed by atoms with Gasteiger partial charge in [0, 0.05) is 39.8 Å². The molecule has 26 heavy (non-hydrogen) atoms. The van der Waals surface area contributed by atoms with E-state index in [0.29, 0.717) is 38.5 Å². The van der Waals surface area contributed by atoms with Crippen molar-refractivity contribution in [2.24, 2.45) is 4.99 Å². The Labute approximate surface area is 169 Å². The summed E-state index contributed by atoms with van der Waals surface area (Å²) in [6.07, 6.45) is 1.50. The number of guanidine groups is 1. The third-order valence-electron chi connectivity index (χ3n) is 4.17. The lowest BCUT2D eigenvalue weighted by Gasteiger charge is -2.36. The van der Waals surface area contributed by atoms with Gasteiger partial charge in [-0.05, 0) is 29.8 Å². The number of hydrogen-bond donors (Lipinski definition) is 1. The molecule has 1 aromatic heterocycles. The molecular formula is C18H22FIN4O2. The Balaban J connectivity index is 0.00000243. The Hall–Kier alpha value is -2.10. The topological polar surface area (TPSA) is 61.1 Å². The van der Waals surface area contributed by atoms with E-state index in [1.54, 1.807) is 36.2 Å². The zero-order valence-corrected chi connectivity index (χ0v) is 16.9. The zero-order chi connectivity index (χ0) is 17.6. The molecule has 6 nitrogen and oxygen atoms in total. The minimum atomic E-state index is -0.245. The van der Waals surface area contributed by atoms with Crippen LogP contribution >= 0.6 is 24.0 Å². The highest BCUT2D eigenvalue weighted by Crippen LogP contribution is 2.10. The van der Waals surface area contributed by atoms with Crippen molar-refractivity contribution in [2.45, 2.75) is 6.54 Å². The van der Waals surface area contributed by atoms with Crippen molar-refractivity contribution in [3.05, 3.63) is 59.8 Å². The fourth-order valence-electron chi connectivity index (χ4n) is 2.79. The summed E-state index contributed by atoms with van der Waals surface area (Å²) in [5.41, 5.74) is 0.981. The van der Waals surface area contributed by atoms with E-state index in [1.807, 2.05) is 0 Å². The third kappa shape index (κ3) is 4.96. The van der Waals surface area contributed by atoms with Gasteiger partial charge >= 0.3 is 0 Å². The van der Waals surface area contributed by atoms with Crippen LogP contribution in [-0.4, -0.2) is 54.9 Å². The predicted octanol–water partition coefficient (Wildman–Crippen LogP) is 2.57. The number of rotatable bonds is 3. The highest BCUT2D eigenvalue weighted by Gasteiger charge is 2.25. The first-order valence-corrected chi connectivity index (χ1v) is 8.20. The third-order valence-corrected chi connectivity index (χ3v) is 4.17. The second-order valence-corrected chi connectivity index (χ2v) is 5.78. The van der Waals surface area contributed by atoms with Crippen LogP contribution in [-0.2, 0) is 6.54 Å². The lowest BCUT2D eigenvalue weighted by Crippen LogP contribution is -2.53. The molecule has 2 aromatic rings. The highest BCUT2D eigenvalue weighted by molar-refractivity contribution is 14.0. The van der Waals surface area contributed by atoms with Crippen molar-refractivity contribution in [1.82, 2.24) is 15.1 Å². The fourth-order valence-corrected chi connectivity index (χ4v) is 2.79. The van der Waals surface area contributed by atoms with Crippen LogP contribution in [0.5, 0.6) is 0 Å². The van der Waals surface area contributed by atoms with Crippen molar-refractivity contribution < 1.29 is 13.6 Å². The first kappa shape index (κ1) is 20.2. The van der Waals surface area contributed by atoms with Crippen molar-refractivity contribution in [2.75, 3.05) is 33.2 Å². The monoisotopic (exact) mass is 472 g/mol. The van der Waals surface area contributed by atoms with E-state index in [9.17, 15) is 9.18 Å². The van der Waals surface area contributed by atoms with Gasteiger partial charge in [-0.15, -0.1) is 24.0 Å². The van der Waals surface area contributed by atoms with Gasteiger partial charge in [0.25, 0.3) is 5.91 Å². The van der Waals surface area contributed by atoms with Crippen LogP contribution in [0, 0.1) is 5.82 Å². The minimum Gasteiger partial charge on any atom is -0.459 e. The molecule has 1 amide bonds. The molecule has 0 bridgehead atoms. The summed E-state index contributed by atoms with van der Waals surface area (Å²) in [7, 11) is 1.73. The number of carbonyl (C=O) groups excluding carboxylic acids is 1. The summed E-state index contributed by atoms with van der Waals surface area (Å²) in [5, 5.41) is 3.28. The van der Waals surface area contributed by atoms with Crippen LogP contribution in [0.4, 0.5) is 4.39 Å². The van der Waals surface area contributed by atoms with E-state index in [4.69, 9.17) is 4.42 Å². The zero-order valence-electron chi connectivity index (χ0n) is 14.5. The number of hydrogen-bond acceptors (Lipinski definition) is 3. The molecule has 1 aromatic carbocycles. The molecule has 0 aliphatic carbocycles. The number of piperazine rings is 1. The van der Waals surface area contributed by atoms with Crippen molar-refractivity contribution in [1.29, 1.82) is 0 Å². The molecule has 0 spiro atoms. The maximum absolute atomic E-state index is 13.0. The smallest absolute Gasteiger partial charge is 0.289 e. The van der Waals surface area contributed by atoms with E-state index in [1.165, 1.54) is 18.4 Å². The summed E-state index contributed by atoms with van der Waals surface area (Å²) in [6.45, 7) is 3.16. The Kier molecular flexibility index (Phi) is 7.43. The molecule has 0 atom stereocenters. The van der Waals surface area contributed by atoms with E-state index < -0.39 is 0 Å². The largest absolute Gasteiger partial charge is 0.459 e. The second-order valence-electron chi connectivity index (χ2n) is 5.78. The molecule has 0 saturated carbocycles. The molecule has 2 heterocycles. The summed E-state index contributed by atoms with van der Waals surface area (Å²) in [6, 6.07) is 9.77. The number of benzene rings is 1. The average Bonchev–Trinajstić information content (AvgIpc) is 3.18. The molecule has 1 aliphatic rings. The molecule has 3 rings (SSSR count). The Morgan fingerprint density at radius 2 is 1.81 bits per heavy atom. The van der Waals surface area contributed by atoms with Gasteiger partial charge in [-0.3, -0.25) is 9.79 Å². The van der Waals surface area contributed by atoms with Gasteiger partial charge in [0.2, 0.25) is 0 Å². The van der Waals surface area contributed by atoms with Gasteiger partial charge in [-0.2, -0.15) is 0 Å². The standard InChI is InChI=1S/C18H21FN4O2.HI/c1-20-18(21-13-14-4-6-15(19)7-5-14)23-10-8-22(9-11-23)17(24)16-3-2-12-25-16;/h2-7,12H,8-11,13H2,1H3,(H,20,21);1H. The SMILES string of the molecule is CN=C(NCc1ccc(F)cc1)N1CCN(C(=O)c2ccco2)CC1.I. The van der Waals surface area contributed by atoms with Crippen molar-refractivity contribution in [3.63, 3.8) is 0 Å². The van der Waals surface area contributed by atoms with Crippen LogP contribution in [0.25, 0.3) is 0 Å². The number of furan rings is 1. The summed E-state index contributed by atoms with van der Waals surface area (Å²) in [5.74, 6) is 0.811. The van der Waals surface area contributed by atoms with Gasteiger partial charge in [-0.1, -0.05) is 12.1 Å². The Bertz CT molecular complexity index is 726. The van der Waals surface area contributed by atoms with Crippen LogP contribution in [0.1, 0.15) is 16.1 Å². The molecule has 8 heteroatoms. The number of nitrogens with one attached hydrogen (secondary N) is 1. The fraction of sp³-hybridized carbons (Fsp3) is 0.333. The molecule has 0 unspecified atom stereocenters. The van der Waals surface area contributed by atoms with Gasteiger partial charge in [0.15, 0.2) is 11.7 Å². The van der Waals surface area contributed by atoms with Gasteiger partial charge in [0.1, 0.15) is 5.82 Å². The number of carbonyl (C=O) groups is 1. The summed E-state index contributed by atoms with van der Waals surface area (Å²) >= 11 is 0. The average molecular weight is 472 g/mol. The summed E-state index contributed by atoms with van der Waals surface area (Å²) in [4.78, 5) is 20.5. The highest BCUT2D eigenvalue weighted by atomic mass is 127. The van der Waals surface area contributed by atoms with Crippen LogP contribution in [0.15, 0.2) is 52.1 Å². The van der Waals surface area contributed by atoms with E-state index in [0.717, 1.165) is 11.5 Å². The lowest BCUT2D eigenvalue weighted by molar-refractivity contribution is 0.0657. The van der Waals surface area contributed by atoms with E-state index >= 15 is 0 Å². The normalized spacial score (nSPS) is 14.8. The number of nitrogens with zero attached hydrogens (tertiary/aromatic N) is 3. The number of aliphatic imine (C=N–C) groups is 1. The van der Waals surface area contributed by atoms with Crippen molar-refractivity contribution in [3.8, 4) is 0 Å². The van der Waals surface area contributed by atoms with Gasteiger partial charge < -0.3 is 19.5 Å². The number of amides is 1. The molecule has 1 saturated heterocycles. The van der Waals surface area contributed by atoms with Crippen LogP contribution in [0.2, 0.25) is 0 Å². The quantitative estimate of drug-likeness (QED) is 0.424. The Morgan fingerprint density at radius 3 is 2.38 bits per heavy atom. The second kappa shape index (κ2) is 9.56. The van der Waals surface area contributed by atoms with Gasteiger partial charge in [0.05, 0.1) is 6.26 Å². The lowest BCUT2D eigenvalue weighted by atomic mass is 10.2. The van der Waals surface area contributed by atoms with Crippen molar-refractivity contribution >= 4 is 35.8 Å².